The summed E-state index contributed by atoms with van der Waals surface area (Å²) in [6.07, 6.45) is -0.279. The van der Waals surface area contributed by atoms with Gasteiger partial charge in [-0.3, -0.25) is 9.89 Å². The Kier molecular flexibility index (Phi) is 3.45. The van der Waals surface area contributed by atoms with Gasteiger partial charge in [-0.1, -0.05) is 0 Å². The normalized spacial score (nSPS) is 25.4. The number of rotatable bonds is 2. The molecule has 1 spiro atoms. The summed E-state index contributed by atoms with van der Waals surface area (Å²) < 4.78 is 36.7. The number of piperidine rings is 1. The smallest absolute Gasteiger partial charge is 0.342 e. The lowest BCUT2D eigenvalue weighted by atomic mass is 9.77. The van der Waals surface area contributed by atoms with Crippen molar-refractivity contribution in [2.75, 3.05) is 13.1 Å². The SMILES string of the molecule is O=C(CCC(F)(F)F)N1CCCC2(CCc3cn[nH]c32)C1. The molecular weight excluding hydrogens is 283 g/mol. The first-order valence-corrected chi connectivity index (χ1v) is 7.27. The number of carbonyl (C=O) groups excluding carboxylic acids is 1. The molecule has 1 N–H and O–H groups in total. The molecule has 116 valence electrons. The number of aromatic amines is 1. The molecular formula is C14H18F3N3O. The number of alkyl halides is 3. The lowest BCUT2D eigenvalue weighted by Crippen LogP contribution is -2.48. The van der Waals surface area contributed by atoms with Crippen LogP contribution in [0.3, 0.4) is 0 Å². The summed E-state index contributed by atoms with van der Waals surface area (Å²) >= 11 is 0. The van der Waals surface area contributed by atoms with E-state index < -0.39 is 19.0 Å². The van der Waals surface area contributed by atoms with Crippen molar-refractivity contribution in [1.82, 2.24) is 15.1 Å². The molecule has 0 aromatic carbocycles. The minimum Gasteiger partial charge on any atom is -0.342 e. The molecule has 2 aliphatic rings. The van der Waals surface area contributed by atoms with Crippen LogP contribution in [0.5, 0.6) is 0 Å². The summed E-state index contributed by atoms with van der Waals surface area (Å²) in [4.78, 5) is 13.6. The van der Waals surface area contributed by atoms with Gasteiger partial charge in [0.2, 0.25) is 5.91 Å². The van der Waals surface area contributed by atoms with Gasteiger partial charge >= 0.3 is 6.18 Å². The number of aromatic nitrogens is 2. The van der Waals surface area contributed by atoms with Crippen LogP contribution in [-0.2, 0) is 16.6 Å². The highest BCUT2D eigenvalue weighted by molar-refractivity contribution is 5.76. The summed E-state index contributed by atoms with van der Waals surface area (Å²) in [5.41, 5.74) is 2.13. The van der Waals surface area contributed by atoms with Crippen molar-refractivity contribution in [3.8, 4) is 0 Å². The molecule has 0 radical (unpaired) electrons. The Balaban J connectivity index is 1.68. The van der Waals surface area contributed by atoms with Crippen LogP contribution >= 0.6 is 0 Å². The van der Waals surface area contributed by atoms with E-state index in [1.807, 2.05) is 6.20 Å². The van der Waals surface area contributed by atoms with Crippen molar-refractivity contribution in [3.63, 3.8) is 0 Å². The van der Waals surface area contributed by atoms with Crippen LogP contribution in [0.1, 0.15) is 43.4 Å². The first-order chi connectivity index (χ1) is 9.90. The van der Waals surface area contributed by atoms with E-state index in [1.165, 1.54) is 5.56 Å². The zero-order chi connectivity index (χ0) is 15.1. The molecule has 1 saturated heterocycles. The van der Waals surface area contributed by atoms with Crippen LogP contribution in [0.4, 0.5) is 13.2 Å². The summed E-state index contributed by atoms with van der Waals surface area (Å²) in [5.74, 6) is -0.389. The number of H-pyrrole nitrogens is 1. The molecule has 0 saturated carbocycles. The summed E-state index contributed by atoms with van der Waals surface area (Å²) in [7, 11) is 0. The zero-order valence-electron chi connectivity index (χ0n) is 11.7. The molecule has 1 fully saturated rings. The second kappa shape index (κ2) is 5.03. The van der Waals surface area contributed by atoms with E-state index in [0.717, 1.165) is 31.4 Å². The number of aryl methyl sites for hydroxylation is 1. The first kappa shape index (κ1) is 14.4. The predicted octanol–water partition coefficient (Wildman–Crippen LogP) is 2.56. The van der Waals surface area contributed by atoms with Gasteiger partial charge < -0.3 is 4.90 Å². The van der Waals surface area contributed by atoms with E-state index in [1.54, 1.807) is 4.90 Å². The van der Waals surface area contributed by atoms with Crippen molar-refractivity contribution in [1.29, 1.82) is 0 Å². The third-order valence-corrected chi connectivity index (χ3v) is 4.67. The molecule has 7 heteroatoms. The molecule has 1 unspecified atom stereocenters. The maximum atomic E-state index is 12.2. The van der Waals surface area contributed by atoms with Crippen LogP contribution in [0, 0.1) is 0 Å². The predicted molar refractivity (Wildman–Crippen MR) is 69.7 cm³/mol. The minimum absolute atomic E-state index is 0.127. The van der Waals surface area contributed by atoms with Gasteiger partial charge in [0, 0.05) is 30.6 Å². The Labute approximate surface area is 120 Å². The van der Waals surface area contributed by atoms with Crippen LogP contribution < -0.4 is 0 Å². The first-order valence-electron chi connectivity index (χ1n) is 7.27. The summed E-state index contributed by atoms with van der Waals surface area (Å²) in [5, 5.41) is 7.08. The van der Waals surface area contributed by atoms with E-state index in [9.17, 15) is 18.0 Å². The minimum atomic E-state index is -4.27. The number of amides is 1. The second-order valence-electron chi connectivity index (χ2n) is 6.08. The van der Waals surface area contributed by atoms with Crippen molar-refractivity contribution in [3.05, 3.63) is 17.5 Å². The van der Waals surface area contributed by atoms with E-state index in [4.69, 9.17) is 0 Å². The van der Waals surface area contributed by atoms with Gasteiger partial charge in [0.1, 0.15) is 0 Å². The maximum absolute atomic E-state index is 12.2. The maximum Gasteiger partial charge on any atom is 0.389 e. The Morgan fingerprint density at radius 1 is 1.43 bits per heavy atom. The number of likely N-dealkylation sites (tertiary alicyclic amines) is 1. The molecule has 1 aromatic heterocycles. The zero-order valence-corrected chi connectivity index (χ0v) is 11.7. The van der Waals surface area contributed by atoms with Crippen molar-refractivity contribution < 1.29 is 18.0 Å². The van der Waals surface area contributed by atoms with Gasteiger partial charge in [0.05, 0.1) is 12.6 Å². The van der Waals surface area contributed by atoms with Gasteiger partial charge in [-0.05, 0) is 31.2 Å². The highest BCUT2D eigenvalue weighted by atomic mass is 19.4. The van der Waals surface area contributed by atoms with Crippen molar-refractivity contribution in [2.45, 2.75) is 50.1 Å². The van der Waals surface area contributed by atoms with Crippen LogP contribution in [0.15, 0.2) is 6.20 Å². The number of halogens is 3. The molecule has 21 heavy (non-hydrogen) atoms. The van der Waals surface area contributed by atoms with E-state index in [-0.39, 0.29) is 11.3 Å². The molecule has 0 bridgehead atoms. The third kappa shape index (κ3) is 2.78. The van der Waals surface area contributed by atoms with Gasteiger partial charge in [-0.25, -0.2) is 0 Å². The lowest BCUT2D eigenvalue weighted by Gasteiger charge is -2.40. The Hall–Kier alpha value is -1.53. The number of hydrogen-bond acceptors (Lipinski definition) is 2. The molecule has 2 heterocycles. The number of nitrogens with zero attached hydrogens (tertiary/aromatic N) is 2. The van der Waals surface area contributed by atoms with Gasteiger partial charge in [-0.2, -0.15) is 18.3 Å². The highest BCUT2D eigenvalue weighted by Crippen LogP contribution is 2.44. The summed E-state index contributed by atoms with van der Waals surface area (Å²) in [6, 6.07) is 0. The summed E-state index contributed by atoms with van der Waals surface area (Å²) in [6.45, 7) is 1.07. The largest absolute Gasteiger partial charge is 0.389 e. The van der Waals surface area contributed by atoms with Crippen LogP contribution in [-0.4, -0.2) is 40.3 Å². The third-order valence-electron chi connectivity index (χ3n) is 4.67. The lowest BCUT2D eigenvalue weighted by molar-refractivity contribution is -0.150. The van der Waals surface area contributed by atoms with Crippen molar-refractivity contribution in [2.24, 2.45) is 0 Å². The average Bonchev–Trinajstić information content (AvgIpc) is 3.01. The number of hydrogen-bond donors (Lipinski definition) is 1. The van der Waals surface area contributed by atoms with E-state index >= 15 is 0 Å². The number of fused-ring (bicyclic) bond motifs is 2. The van der Waals surface area contributed by atoms with Crippen LogP contribution in [0.2, 0.25) is 0 Å². The molecule has 1 aromatic rings. The number of carbonyl (C=O) groups is 1. The average molecular weight is 301 g/mol. The Bertz CT molecular complexity index is 540. The topological polar surface area (TPSA) is 49.0 Å². The fraction of sp³-hybridized carbons (Fsp3) is 0.714. The standard InChI is InChI=1S/C14H18F3N3O/c15-14(16,17)6-3-11(21)20-7-1-4-13(9-20)5-2-10-8-18-19-12(10)13/h8H,1-7,9H2,(H,18,19). The highest BCUT2D eigenvalue weighted by Gasteiger charge is 2.44. The van der Waals surface area contributed by atoms with Crippen molar-refractivity contribution >= 4 is 5.91 Å². The van der Waals surface area contributed by atoms with Gasteiger partial charge in [-0.15, -0.1) is 0 Å². The molecule has 1 amide bonds. The Morgan fingerprint density at radius 3 is 3.00 bits per heavy atom. The van der Waals surface area contributed by atoms with E-state index in [2.05, 4.69) is 10.2 Å². The fourth-order valence-electron chi connectivity index (χ4n) is 3.62. The molecule has 4 nitrogen and oxygen atoms in total. The quantitative estimate of drug-likeness (QED) is 0.912. The monoisotopic (exact) mass is 301 g/mol. The molecule has 1 aliphatic heterocycles. The van der Waals surface area contributed by atoms with Gasteiger partial charge in [0.25, 0.3) is 0 Å². The molecule has 1 atom stereocenters. The molecule has 3 rings (SSSR count). The fourth-order valence-corrected chi connectivity index (χ4v) is 3.62. The van der Waals surface area contributed by atoms with Gasteiger partial charge in [0.15, 0.2) is 0 Å². The number of nitrogens with one attached hydrogen (secondary N) is 1. The van der Waals surface area contributed by atoms with Crippen LogP contribution in [0.25, 0.3) is 0 Å². The second-order valence-corrected chi connectivity index (χ2v) is 6.08. The van der Waals surface area contributed by atoms with E-state index in [0.29, 0.717) is 13.1 Å². The molecule has 1 aliphatic carbocycles. The Morgan fingerprint density at radius 2 is 2.24 bits per heavy atom.